The lowest BCUT2D eigenvalue weighted by Crippen LogP contribution is -2.49. The Hall–Kier alpha value is -1.80. The molecule has 0 aliphatic carbocycles. The van der Waals surface area contributed by atoms with E-state index in [9.17, 15) is 13.2 Å². The van der Waals surface area contributed by atoms with Gasteiger partial charge in [-0.3, -0.25) is 4.79 Å². The van der Waals surface area contributed by atoms with E-state index in [0.29, 0.717) is 11.5 Å². The molecule has 1 aromatic rings. The van der Waals surface area contributed by atoms with Gasteiger partial charge in [-0.05, 0) is 30.5 Å². The number of sulfonamides is 1. The van der Waals surface area contributed by atoms with Crippen LogP contribution >= 0.6 is 0 Å². The molecule has 0 saturated carbocycles. The Labute approximate surface area is 136 Å². The minimum atomic E-state index is -3.45. The van der Waals surface area contributed by atoms with Crippen molar-refractivity contribution in [1.29, 1.82) is 0 Å². The molecular weight excluding hydrogens is 320 g/mol. The Balaban J connectivity index is 1.99. The number of carbonyl (C=O) groups excluding carboxylic acids is 1. The van der Waals surface area contributed by atoms with Crippen LogP contribution in [-0.2, 0) is 21.4 Å². The van der Waals surface area contributed by atoms with Gasteiger partial charge < -0.3 is 14.8 Å². The van der Waals surface area contributed by atoms with E-state index in [-0.39, 0.29) is 30.9 Å². The van der Waals surface area contributed by atoms with Crippen LogP contribution < -0.4 is 19.5 Å². The number of fused-ring (bicyclic) bond motifs is 1. The van der Waals surface area contributed by atoms with E-state index in [1.165, 1.54) is 6.92 Å². The zero-order chi connectivity index (χ0) is 17.0. The number of hydrogen-bond acceptors (Lipinski definition) is 5. The van der Waals surface area contributed by atoms with Crippen molar-refractivity contribution < 1.29 is 22.7 Å². The summed E-state index contributed by atoms with van der Waals surface area (Å²) >= 11 is 0. The lowest BCUT2D eigenvalue weighted by atomic mass is 10.0. The van der Waals surface area contributed by atoms with Gasteiger partial charge in [-0.2, -0.15) is 0 Å². The van der Waals surface area contributed by atoms with Crippen LogP contribution in [0.25, 0.3) is 0 Å². The number of benzene rings is 1. The normalized spacial score (nSPS) is 14.8. The average molecular weight is 342 g/mol. The maximum Gasteiger partial charge on any atom is 0.238 e. The van der Waals surface area contributed by atoms with Gasteiger partial charge in [0.2, 0.25) is 22.7 Å². The first-order valence-corrected chi connectivity index (χ1v) is 9.14. The number of carbonyl (C=O) groups is 1. The van der Waals surface area contributed by atoms with E-state index in [4.69, 9.17) is 9.47 Å². The summed E-state index contributed by atoms with van der Waals surface area (Å²) in [6.07, 6.45) is 0. The van der Waals surface area contributed by atoms with Crippen molar-refractivity contribution >= 4 is 15.9 Å². The third-order valence-corrected chi connectivity index (χ3v) is 4.91. The first-order valence-electron chi connectivity index (χ1n) is 7.48. The number of nitrogens with one attached hydrogen (secondary N) is 2. The maximum atomic E-state index is 12.3. The molecular formula is C15H22N2O5S. The fourth-order valence-corrected chi connectivity index (χ4v) is 3.05. The Morgan fingerprint density at radius 2 is 1.96 bits per heavy atom. The van der Waals surface area contributed by atoms with E-state index >= 15 is 0 Å². The third-order valence-electron chi connectivity index (χ3n) is 3.54. The second-order valence-corrected chi connectivity index (χ2v) is 7.69. The van der Waals surface area contributed by atoms with Crippen LogP contribution in [0.3, 0.4) is 0 Å². The Bertz CT molecular complexity index is 672. The van der Waals surface area contributed by atoms with Gasteiger partial charge in [0.15, 0.2) is 11.5 Å². The van der Waals surface area contributed by atoms with Gasteiger partial charge in [0, 0.05) is 6.54 Å². The van der Waals surface area contributed by atoms with Gasteiger partial charge in [-0.15, -0.1) is 0 Å². The molecule has 128 valence electrons. The molecule has 0 bridgehead atoms. The van der Waals surface area contributed by atoms with Crippen LogP contribution in [0.1, 0.15) is 26.3 Å². The smallest absolute Gasteiger partial charge is 0.238 e. The number of amides is 1. The molecule has 1 aromatic carbocycles. The largest absolute Gasteiger partial charge is 0.454 e. The Kier molecular flexibility index (Phi) is 5.48. The standard InChI is InChI=1S/C15H22N2O5S/c1-4-23(19,20)17-14(10(2)3)15(18)16-8-11-5-6-12-13(7-11)22-9-21-12/h5-7,10,14,17H,4,8-9H2,1-3H3,(H,16,18)/t14-/m0/s1. The summed E-state index contributed by atoms with van der Waals surface area (Å²) in [6.45, 7) is 5.60. The van der Waals surface area contributed by atoms with Crippen molar-refractivity contribution in [2.75, 3.05) is 12.5 Å². The van der Waals surface area contributed by atoms with Crippen LogP contribution in [0.5, 0.6) is 11.5 Å². The molecule has 0 fully saturated rings. The van der Waals surface area contributed by atoms with E-state index in [1.54, 1.807) is 26.0 Å². The summed E-state index contributed by atoms with van der Waals surface area (Å²) in [7, 11) is -3.45. The highest BCUT2D eigenvalue weighted by Gasteiger charge is 2.26. The molecule has 0 saturated heterocycles. The fourth-order valence-electron chi connectivity index (χ4n) is 2.12. The SMILES string of the molecule is CCS(=O)(=O)N[C@H](C(=O)NCc1ccc2c(c1)OCO2)C(C)C. The van der Waals surface area contributed by atoms with Crippen LogP contribution in [-0.4, -0.2) is 32.9 Å². The van der Waals surface area contributed by atoms with Crippen molar-refractivity contribution in [3.05, 3.63) is 23.8 Å². The monoisotopic (exact) mass is 342 g/mol. The quantitative estimate of drug-likeness (QED) is 0.771. The molecule has 2 N–H and O–H groups in total. The number of hydrogen-bond donors (Lipinski definition) is 2. The summed E-state index contributed by atoms with van der Waals surface area (Å²) in [5.74, 6) is 0.744. The highest BCUT2D eigenvalue weighted by Crippen LogP contribution is 2.32. The lowest BCUT2D eigenvalue weighted by molar-refractivity contribution is -0.123. The molecule has 0 unspecified atom stereocenters. The van der Waals surface area contributed by atoms with Gasteiger partial charge in [-0.25, -0.2) is 13.1 Å². The van der Waals surface area contributed by atoms with Gasteiger partial charge in [0.1, 0.15) is 6.04 Å². The van der Waals surface area contributed by atoms with Gasteiger partial charge in [0.25, 0.3) is 0 Å². The number of ether oxygens (including phenoxy) is 2. The van der Waals surface area contributed by atoms with E-state index in [2.05, 4.69) is 10.0 Å². The minimum Gasteiger partial charge on any atom is -0.454 e. The van der Waals surface area contributed by atoms with Crippen LogP contribution in [0.2, 0.25) is 0 Å². The zero-order valence-electron chi connectivity index (χ0n) is 13.5. The van der Waals surface area contributed by atoms with Crippen molar-refractivity contribution in [3.63, 3.8) is 0 Å². The highest BCUT2D eigenvalue weighted by atomic mass is 32.2. The van der Waals surface area contributed by atoms with Crippen molar-refractivity contribution in [1.82, 2.24) is 10.0 Å². The number of rotatable bonds is 7. The molecule has 0 radical (unpaired) electrons. The molecule has 2 rings (SSSR count). The molecule has 1 aliphatic rings. The summed E-state index contributed by atoms with van der Waals surface area (Å²) in [5, 5.41) is 2.76. The molecule has 23 heavy (non-hydrogen) atoms. The predicted molar refractivity (Wildman–Crippen MR) is 85.6 cm³/mol. The van der Waals surface area contributed by atoms with Gasteiger partial charge in [-0.1, -0.05) is 19.9 Å². The molecule has 8 heteroatoms. The summed E-state index contributed by atoms with van der Waals surface area (Å²) < 4.78 is 36.3. The highest BCUT2D eigenvalue weighted by molar-refractivity contribution is 7.89. The predicted octanol–water partition coefficient (Wildman–Crippen LogP) is 0.995. The second kappa shape index (κ2) is 7.18. The van der Waals surface area contributed by atoms with Crippen LogP contribution in [0, 0.1) is 5.92 Å². The molecule has 1 heterocycles. The minimum absolute atomic E-state index is 0.0638. The molecule has 0 spiro atoms. The summed E-state index contributed by atoms with van der Waals surface area (Å²) in [6, 6.07) is 4.61. The second-order valence-electron chi connectivity index (χ2n) is 5.65. The van der Waals surface area contributed by atoms with Crippen molar-refractivity contribution in [2.45, 2.75) is 33.4 Å². The zero-order valence-corrected chi connectivity index (χ0v) is 14.3. The summed E-state index contributed by atoms with van der Waals surface area (Å²) in [4.78, 5) is 12.3. The van der Waals surface area contributed by atoms with Crippen LogP contribution in [0.15, 0.2) is 18.2 Å². The third kappa shape index (κ3) is 4.59. The first-order chi connectivity index (χ1) is 10.8. The summed E-state index contributed by atoms with van der Waals surface area (Å²) in [5.41, 5.74) is 0.850. The molecule has 1 atom stereocenters. The fraction of sp³-hybridized carbons (Fsp3) is 0.533. The maximum absolute atomic E-state index is 12.3. The van der Waals surface area contributed by atoms with Crippen molar-refractivity contribution in [3.8, 4) is 11.5 Å². The molecule has 1 amide bonds. The van der Waals surface area contributed by atoms with E-state index in [0.717, 1.165) is 5.56 Å². The van der Waals surface area contributed by atoms with E-state index < -0.39 is 16.1 Å². The van der Waals surface area contributed by atoms with Crippen molar-refractivity contribution in [2.24, 2.45) is 5.92 Å². The first kappa shape index (κ1) is 17.6. The van der Waals surface area contributed by atoms with Crippen LogP contribution in [0.4, 0.5) is 0 Å². The van der Waals surface area contributed by atoms with Gasteiger partial charge >= 0.3 is 0 Å². The molecule has 1 aliphatic heterocycles. The average Bonchev–Trinajstić information content (AvgIpc) is 2.97. The topological polar surface area (TPSA) is 93.7 Å². The Morgan fingerprint density at radius 3 is 2.61 bits per heavy atom. The molecule has 0 aromatic heterocycles. The van der Waals surface area contributed by atoms with Gasteiger partial charge in [0.05, 0.1) is 5.75 Å². The van der Waals surface area contributed by atoms with E-state index in [1.807, 2.05) is 6.07 Å². The lowest BCUT2D eigenvalue weighted by Gasteiger charge is -2.21. The Morgan fingerprint density at radius 1 is 1.26 bits per heavy atom. The molecule has 7 nitrogen and oxygen atoms in total.